The minimum absolute atomic E-state index is 0.319. The van der Waals surface area contributed by atoms with Crippen LogP contribution in [0.15, 0.2) is 65.3 Å². The molecule has 1 aliphatic heterocycles. The molecule has 3 rings (SSSR count). The van der Waals surface area contributed by atoms with E-state index in [-0.39, 0.29) is 0 Å². The van der Waals surface area contributed by atoms with Gasteiger partial charge in [-0.25, -0.2) is 0 Å². The maximum atomic E-state index is 11.7. The molecule has 0 bridgehead atoms. The van der Waals surface area contributed by atoms with E-state index >= 15 is 0 Å². The number of carbonyl (C=O) groups excluding carboxylic acids is 1. The van der Waals surface area contributed by atoms with Gasteiger partial charge in [0.1, 0.15) is 11.5 Å². The highest BCUT2D eigenvalue weighted by Crippen LogP contribution is 2.23. The lowest BCUT2D eigenvalue weighted by molar-refractivity contribution is -0.119. The van der Waals surface area contributed by atoms with E-state index in [1.807, 2.05) is 24.3 Å². The summed E-state index contributed by atoms with van der Waals surface area (Å²) in [5, 5.41) is 0. The van der Waals surface area contributed by atoms with Crippen molar-refractivity contribution < 1.29 is 9.53 Å². The van der Waals surface area contributed by atoms with E-state index in [2.05, 4.69) is 65.0 Å². The topological polar surface area (TPSA) is 38.7 Å². The summed E-state index contributed by atoms with van der Waals surface area (Å²) >= 11 is 0. The lowest BCUT2D eigenvalue weighted by Gasteiger charge is -2.19. The molecule has 0 aromatic heterocycles. The molecule has 1 aliphatic rings. The van der Waals surface area contributed by atoms with Gasteiger partial charge >= 0.3 is 0 Å². The number of aryl methyl sites for hydroxylation is 1. The van der Waals surface area contributed by atoms with Crippen LogP contribution < -0.4 is 4.74 Å². The van der Waals surface area contributed by atoms with Gasteiger partial charge in [-0.15, -0.1) is 0 Å². The van der Waals surface area contributed by atoms with E-state index in [4.69, 9.17) is 9.73 Å². The van der Waals surface area contributed by atoms with E-state index < -0.39 is 0 Å². The number of hydrogen-bond donors (Lipinski definition) is 0. The van der Waals surface area contributed by atoms with Gasteiger partial charge in [-0.2, -0.15) is 0 Å². The first kappa shape index (κ1) is 28.6. The van der Waals surface area contributed by atoms with Gasteiger partial charge in [-0.1, -0.05) is 88.6 Å². The Morgan fingerprint density at radius 2 is 1.71 bits per heavy atom. The first-order chi connectivity index (χ1) is 16.8. The second kappa shape index (κ2) is 15.3. The van der Waals surface area contributed by atoms with Gasteiger partial charge in [0.15, 0.2) is 0 Å². The highest BCUT2D eigenvalue weighted by Gasteiger charge is 2.15. The molecule has 2 aromatic carbocycles. The first-order valence-corrected chi connectivity index (χ1v) is 13.3. The van der Waals surface area contributed by atoms with Crippen LogP contribution in [0.5, 0.6) is 5.75 Å². The van der Waals surface area contributed by atoms with E-state index in [9.17, 15) is 4.79 Å². The minimum Gasteiger partial charge on any atom is -0.497 e. The van der Waals surface area contributed by atoms with Crippen LogP contribution in [-0.4, -0.2) is 18.6 Å². The summed E-state index contributed by atoms with van der Waals surface area (Å²) in [5.41, 5.74) is 6.42. The third-order valence-corrected chi connectivity index (χ3v) is 6.69. The summed E-state index contributed by atoms with van der Waals surface area (Å²) in [4.78, 5) is 16.6. The fourth-order valence-electron chi connectivity index (χ4n) is 4.05. The molecule has 0 N–H and O–H groups in total. The average Bonchev–Trinajstić information content (AvgIpc) is 2.86. The Hall–Kier alpha value is -2.68. The molecule has 0 radical (unpaired) electrons. The van der Waals surface area contributed by atoms with Gasteiger partial charge in [-0.05, 0) is 61.3 Å². The number of benzene rings is 2. The van der Waals surface area contributed by atoms with Crippen molar-refractivity contribution in [1.82, 2.24) is 0 Å². The zero-order valence-corrected chi connectivity index (χ0v) is 22.8. The molecule has 190 valence electrons. The summed E-state index contributed by atoms with van der Waals surface area (Å²) in [6.45, 7) is 10.9. The number of Topliss-reactive ketones (excluding diaryl/α,β-unsaturated/α-hetero) is 1. The molecule has 0 saturated carbocycles. The molecule has 2 aromatic rings. The van der Waals surface area contributed by atoms with Crippen LogP contribution in [0.3, 0.4) is 0 Å². The van der Waals surface area contributed by atoms with Crippen molar-refractivity contribution in [3.8, 4) is 5.75 Å². The number of allylic oxidation sites excluding steroid dienone is 2. The first-order valence-electron chi connectivity index (χ1n) is 13.3. The lowest BCUT2D eigenvalue weighted by atomic mass is 9.93. The van der Waals surface area contributed by atoms with Gasteiger partial charge < -0.3 is 4.74 Å². The summed E-state index contributed by atoms with van der Waals surface area (Å²) in [6.07, 6.45) is 10.4. The van der Waals surface area contributed by atoms with E-state index in [1.54, 1.807) is 7.11 Å². The van der Waals surface area contributed by atoms with E-state index in [1.165, 1.54) is 41.8 Å². The molecule has 3 heteroatoms. The van der Waals surface area contributed by atoms with E-state index in [0.717, 1.165) is 30.6 Å². The third-order valence-electron chi connectivity index (χ3n) is 6.69. The number of ketones is 1. The number of hydrogen-bond acceptors (Lipinski definition) is 3. The fourth-order valence-corrected chi connectivity index (χ4v) is 4.05. The lowest BCUT2D eigenvalue weighted by Crippen LogP contribution is -2.15. The molecule has 1 heterocycles. The van der Waals surface area contributed by atoms with Gasteiger partial charge in [0.25, 0.3) is 0 Å². The molecular weight excluding hydrogens is 430 g/mol. The summed E-state index contributed by atoms with van der Waals surface area (Å²) in [7, 11) is 1.64. The maximum absolute atomic E-state index is 11.7. The van der Waals surface area contributed by atoms with Crippen molar-refractivity contribution in [2.24, 2.45) is 16.8 Å². The predicted molar refractivity (Wildman–Crippen MR) is 149 cm³/mol. The van der Waals surface area contributed by atoms with Crippen molar-refractivity contribution in [3.05, 3.63) is 77.0 Å². The smallest absolute Gasteiger partial charge is 0.137 e. The van der Waals surface area contributed by atoms with E-state index in [0.29, 0.717) is 30.5 Å². The molecule has 0 saturated heterocycles. The Morgan fingerprint density at radius 3 is 2.31 bits per heavy atom. The van der Waals surface area contributed by atoms with Crippen molar-refractivity contribution in [2.45, 2.75) is 86.0 Å². The molecular formula is C32H45NO2. The number of ether oxygens (including phenoxy) is 1. The summed E-state index contributed by atoms with van der Waals surface area (Å²) in [6, 6.07) is 16.5. The van der Waals surface area contributed by atoms with Crippen LogP contribution in [0, 0.1) is 18.8 Å². The second-order valence-corrected chi connectivity index (χ2v) is 9.98. The molecule has 2 atom stereocenters. The largest absolute Gasteiger partial charge is 0.497 e. The van der Waals surface area contributed by atoms with Crippen LogP contribution in [0.25, 0.3) is 0 Å². The van der Waals surface area contributed by atoms with Gasteiger partial charge in [0.2, 0.25) is 0 Å². The normalized spacial score (nSPS) is 15.9. The van der Waals surface area contributed by atoms with Crippen molar-refractivity contribution in [2.75, 3.05) is 7.11 Å². The molecule has 0 fully saturated rings. The van der Waals surface area contributed by atoms with Gasteiger partial charge in [0.05, 0.1) is 7.11 Å². The van der Waals surface area contributed by atoms with Crippen LogP contribution in [0.1, 0.15) is 82.9 Å². The van der Waals surface area contributed by atoms with Crippen molar-refractivity contribution in [3.63, 3.8) is 0 Å². The Balaban J connectivity index is 0.000000251. The molecule has 3 nitrogen and oxygen atoms in total. The zero-order chi connectivity index (χ0) is 25.6. The minimum atomic E-state index is 0.319. The monoisotopic (exact) mass is 475 g/mol. The Labute approximate surface area is 213 Å². The molecule has 0 amide bonds. The number of nitrogens with zero attached hydrogens (tertiary/aromatic N) is 1. The second-order valence-electron chi connectivity index (χ2n) is 9.98. The Kier molecular flexibility index (Phi) is 12.5. The predicted octanol–water partition coefficient (Wildman–Crippen LogP) is 8.34. The van der Waals surface area contributed by atoms with Gasteiger partial charge in [0, 0.05) is 30.7 Å². The standard InChI is InChI=1S/C18H25N.C14H20O2/c1-4-5-6-18-15(3)9-12-17(19-18)13-16-10-7-14(2)8-11-16;1-4-11(2)9-13(15)10-12-5-7-14(16-3)8-6-12/h7-8,10-12,15H,4-6,9,13H2,1-3H3;5-8,11H,4,9-10H2,1-3H3. The number of aliphatic imine (C=N–C) groups is 1. The SMILES string of the molecule is CCC(C)CC(=O)Cc1ccc(OC)cc1.CCCCC1=NC(Cc2ccc(C)cc2)=CCC1C. The number of carbonyl (C=O) groups is 1. The fraction of sp³-hybridized carbons (Fsp3) is 0.500. The van der Waals surface area contributed by atoms with Gasteiger partial charge in [-0.3, -0.25) is 9.79 Å². The van der Waals surface area contributed by atoms with Crippen molar-refractivity contribution in [1.29, 1.82) is 0 Å². The van der Waals surface area contributed by atoms with Crippen LogP contribution in [0.2, 0.25) is 0 Å². The molecule has 0 aliphatic carbocycles. The van der Waals surface area contributed by atoms with Crippen molar-refractivity contribution >= 4 is 11.5 Å². The maximum Gasteiger partial charge on any atom is 0.137 e. The van der Waals surface area contributed by atoms with Crippen LogP contribution in [-0.2, 0) is 17.6 Å². The molecule has 0 spiro atoms. The van der Waals surface area contributed by atoms with Crippen LogP contribution >= 0.6 is 0 Å². The Bertz CT molecular complexity index is 954. The number of rotatable bonds is 11. The molecule has 35 heavy (non-hydrogen) atoms. The zero-order valence-electron chi connectivity index (χ0n) is 22.8. The Morgan fingerprint density at radius 1 is 1.06 bits per heavy atom. The third kappa shape index (κ3) is 10.6. The average molecular weight is 476 g/mol. The number of unbranched alkanes of at least 4 members (excludes halogenated alkanes) is 1. The molecule has 2 unspecified atom stereocenters. The van der Waals surface area contributed by atoms with Crippen LogP contribution in [0.4, 0.5) is 0 Å². The quantitative estimate of drug-likeness (QED) is 0.327. The number of methoxy groups -OCH3 is 1. The highest BCUT2D eigenvalue weighted by molar-refractivity contribution is 5.88. The summed E-state index contributed by atoms with van der Waals surface area (Å²) in [5.74, 6) is 2.27. The highest BCUT2D eigenvalue weighted by atomic mass is 16.5. The summed E-state index contributed by atoms with van der Waals surface area (Å²) < 4.78 is 5.07.